The summed E-state index contributed by atoms with van der Waals surface area (Å²) in [6, 6.07) is 1.20. The molecule has 3 N–H and O–H groups in total. The van der Waals surface area contributed by atoms with Gasteiger partial charge >= 0.3 is 5.97 Å². The van der Waals surface area contributed by atoms with Crippen molar-refractivity contribution in [2.45, 2.75) is 10.9 Å². The Balaban J connectivity index is 2.85. The molecule has 0 saturated carbocycles. The lowest BCUT2D eigenvalue weighted by molar-refractivity contribution is -0.137. The highest BCUT2D eigenvalue weighted by Crippen LogP contribution is 2.14. The highest BCUT2D eigenvalue weighted by molar-refractivity contribution is 7.85. The highest BCUT2D eigenvalue weighted by Gasteiger charge is 2.18. The van der Waals surface area contributed by atoms with Crippen molar-refractivity contribution in [3.8, 4) is 0 Å². The second-order valence-electron chi connectivity index (χ2n) is 3.03. The fraction of sp³-hybridized carbons (Fsp3) is 0.222. The monoisotopic (exact) mass is 249 g/mol. The van der Waals surface area contributed by atoms with Gasteiger partial charge in [0, 0.05) is 6.07 Å². The highest BCUT2D eigenvalue weighted by atomic mass is 32.2. The van der Waals surface area contributed by atoms with Gasteiger partial charge in [0.1, 0.15) is 17.7 Å². The number of halogens is 2. The Morgan fingerprint density at radius 2 is 2.12 bits per heavy atom. The van der Waals surface area contributed by atoms with Crippen LogP contribution in [-0.4, -0.2) is 27.1 Å². The van der Waals surface area contributed by atoms with E-state index in [1.54, 1.807) is 0 Å². The molecule has 2 unspecified atom stereocenters. The molecule has 0 heterocycles. The molecule has 4 nitrogen and oxygen atoms in total. The molecule has 0 bridgehead atoms. The fourth-order valence-electron chi connectivity index (χ4n) is 0.984. The Hall–Kier alpha value is -1.34. The van der Waals surface area contributed by atoms with Crippen molar-refractivity contribution in [3.05, 3.63) is 29.8 Å². The number of benzene rings is 1. The van der Waals surface area contributed by atoms with Gasteiger partial charge in [0.2, 0.25) is 0 Å². The summed E-state index contributed by atoms with van der Waals surface area (Å²) in [5.74, 6) is -3.51. The molecule has 0 fully saturated rings. The maximum atomic E-state index is 13.1. The second kappa shape index (κ2) is 5.13. The van der Waals surface area contributed by atoms with E-state index in [1.807, 2.05) is 0 Å². The van der Waals surface area contributed by atoms with Crippen LogP contribution < -0.4 is 5.73 Å². The molecule has 16 heavy (non-hydrogen) atoms. The smallest absolute Gasteiger partial charge is 0.321 e. The molecule has 1 aromatic carbocycles. The van der Waals surface area contributed by atoms with Crippen molar-refractivity contribution in [2.75, 3.05) is 5.75 Å². The minimum absolute atomic E-state index is 0.252. The van der Waals surface area contributed by atoms with E-state index in [-0.39, 0.29) is 4.90 Å². The summed E-state index contributed by atoms with van der Waals surface area (Å²) in [5.41, 5.74) is 5.15. The molecule has 0 aliphatic heterocycles. The minimum Gasteiger partial charge on any atom is -0.480 e. The van der Waals surface area contributed by atoms with Gasteiger partial charge in [-0.2, -0.15) is 0 Å². The molecular weight excluding hydrogens is 240 g/mol. The number of aliphatic carboxylic acids is 1. The van der Waals surface area contributed by atoms with E-state index in [2.05, 4.69) is 0 Å². The molecule has 1 aromatic rings. The van der Waals surface area contributed by atoms with Gasteiger partial charge in [0.15, 0.2) is 0 Å². The minimum atomic E-state index is -1.90. The van der Waals surface area contributed by atoms with E-state index in [9.17, 15) is 17.8 Å². The van der Waals surface area contributed by atoms with Crippen molar-refractivity contribution in [1.82, 2.24) is 0 Å². The summed E-state index contributed by atoms with van der Waals surface area (Å²) in [5, 5.41) is 8.48. The van der Waals surface area contributed by atoms with Crippen molar-refractivity contribution < 1.29 is 22.9 Å². The number of rotatable bonds is 4. The first-order valence-corrected chi connectivity index (χ1v) is 5.55. The van der Waals surface area contributed by atoms with Gasteiger partial charge in [0.05, 0.1) is 21.4 Å². The molecule has 1 rings (SSSR count). The van der Waals surface area contributed by atoms with Gasteiger partial charge in [-0.25, -0.2) is 8.78 Å². The molecule has 0 saturated heterocycles. The SMILES string of the molecule is NC(CS(=O)c1ccc(F)cc1F)C(=O)O. The van der Waals surface area contributed by atoms with E-state index in [0.29, 0.717) is 6.07 Å². The lowest BCUT2D eigenvalue weighted by atomic mass is 10.3. The molecule has 0 spiro atoms. The van der Waals surface area contributed by atoms with E-state index < -0.39 is 40.2 Å². The van der Waals surface area contributed by atoms with E-state index in [1.165, 1.54) is 0 Å². The van der Waals surface area contributed by atoms with Gasteiger partial charge in [0.25, 0.3) is 0 Å². The third-order valence-electron chi connectivity index (χ3n) is 1.79. The van der Waals surface area contributed by atoms with Crippen molar-refractivity contribution in [3.63, 3.8) is 0 Å². The summed E-state index contributed by atoms with van der Waals surface area (Å²) in [7, 11) is -1.90. The predicted octanol–water partition coefficient (Wildman–Crippen LogP) is 0.484. The van der Waals surface area contributed by atoms with Crippen molar-refractivity contribution in [1.29, 1.82) is 0 Å². The number of nitrogens with two attached hydrogens (primary N) is 1. The molecular formula is C9H9F2NO3S. The number of hydrogen-bond acceptors (Lipinski definition) is 3. The quantitative estimate of drug-likeness (QED) is 0.813. The van der Waals surface area contributed by atoms with Crippen molar-refractivity contribution >= 4 is 16.8 Å². The molecule has 0 amide bonds. The van der Waals surface area contributed by atoms with E-state index in [4.69, 9.17) is 10.8 Å². The Kier molecular flexibility index (Phi) is 4.08. The Bertz CT molecular complexity index is 439. The van der Waals surface area contributed by atoms with Crippen LogP contribution in [0.2, 0.25) is 0 Å². The standard InChI is InChI=1S/C9H9F2NO3S/c10-5-1-2-8(6(11)3-5)16(15)4-7(12)9(13)14/h1-3,7H,4,12H2,(H,13,14). The average molecular weight is 249 g/mol. The van der Waals surface area contributed by atoms with Gasteiger partial charge in [-0.1, -0.05) is 0 Å². The molecule has 0 aromatic heterocycles. The topological polar surface area (TPSA) is 80.4 Å². The Morgan fingerprint density at radius 1 is 1.50 bits per heavy atom. The number of carbonyl (C=O) groups is 1. The van der Waals surface area contributed by atoms with Crippen LogP contribution in [0.5, 0.6) is 0 Å². The maximum Gasteiger partial charge on any atom is 0.321 e. The Labute approximate surface area is 92.5 Å². The van der Waals surface area contributed by atoms with Crippen LogP contribution in [0.15, 0.2) is 23.1 Å². The van der Waals surface area contributed by atoms with Crippen molar-refractivity contribution in [2.24, 2.45) is 5.73 Å². The lowest BCUT2D eigenvalue weighted by Gasteiger charge is -2.07. The molecule has 88 valence electrons. The Morgan fingerprint density at radius 3 is 2.62 bits per heavy atom. The number of carboxylic acids is 1. The third kappa shape index (κ3) is 3.07. The molecule has 2 atom stereocenters. The maximum absolute atomic E-state index is 13.1. The summed E-state index contributed by atoms with van der Waals surface area (Å²) >= 11 is 0. The summed E-state index contributed by atoms with van der Waals surface area (Å²) in [4.78, 5) is 10.1. The van der Waals surface area contributed by atoms with Crippen LogP contribution in [0.3, 0.4) is 0 Å². The van der Waals surface area contributed by atoms with E-state index >= 15 is 0 Å². The van der Waals surface area contributed by atoms with Crippen LogP contribution >= 0.6 is 0 Å². The summed E-state index contributed by atoms with van der Waals surface area (Å²) < 4.78 is 37.2. The summed E-state index contributed by atoms with van der Waals surface area (Å²) in [6.45, 7) is 0. The third-order valence-corrected chi connectivity index (χ3v) is 3.27. The second-order valence-corrected chi connectivity index (χ2v) is 4.50. The molecule has 0 aliphatic carbocycles. The zero-order valence-corrected chi connectivity index (χ0v) is 8.84. The van der Waals surface area contributed by atoms with Gasteiger partial charge < -0.3 is 10.8 Å². The van der Waals surface area contributed by atoms with Crippen LogP contribution in [0.1, 0.15) is 0 Å². The van der Waals surface area contributed by atoms with Crippen LogP contribution in [0.25, 0.3) is 0 Å². The summed E-state index contributed by atoms with van der Waals surface area (Å²) in [6.07, 6.45) is 0. The van der Waals surface area contributed by atoms with Gasteiger partial charge in [-0.15, -0.1) is 0 Å². The van der Waals surface area contributed by atoms with Crippen LogP contribution in [0.4, 0.5) is 8.78 Å². The van der Waals surface area contributed by atoms with Crippen LogP contribution in [0, 0.1) is 11.6 Å². The molecule has 7 heteroatoms. The van der Waals surface area contributed by atoms with Gasteiger partial charge in [-0.05, 0) is 12.1 Å². The average Bonchev–Trinajstić information content (AvgIpc) is 2.16. The van der Waals surface area contributed by atoms with E-state index in [0.717, 1.165) is 12.1 Å². The first-order chi connectivity index (χ1) is 7.41. The number of carboxylic acid groups (broad SMARTS) is 1. The first-order valence-electron chi connectivity index (χ1n) is 4.23. The molecule has 0 radical (unpaired) electrons. The van der Waals surface area contributed by atoms with Gasteiger partial charge in [-0.3, -0.25) is 9.00 Å². The fourth-order valence-corrected chi connectivity index (χ4v) is 2.13. The lowest BCUT2D eigenvalue weighted by Crippen LogP contribution is -2.35. The van der Waals surface area contributed by atoms with Crippen LogP contribution in [-0.2, 0) is 15.6 Å². The largest absolute Gasteiger partial charge is 0.480 e. The zero-order chi connectivity index (χ0) is 12.3. The zero-order valence-electron chi connectivity index (χ0n) is 8.02. The first kappa shape index (κ1) is 12.7. The normalized spacial score (nSPS) is 14.4. The predicted molar refractivity (Wildman–Crippen MR) is 53.2 cm³/mol. The molecule has 0 aliphatic rings. The number of hydrogen-bond donors (Lipinski definition) is 2.